The van der Waals surface area contributed by atoms with E-state index in [1.807, 2.05) is 41.3 Å². The molecule has 1 N–H and O–H groups in total. The van der Waals surface area contributed by atoms with Crippen LogP contribution in [-0.4, -0.2) is 75.7 Å². The Balaban J connectivity index is 1.47. The molecule has 3 aromatic heterocycles. The Labute approximate surface area is 192 Å². The highest BCUT2D eigenvalue weighted by atomic mass is 16.5. The number of ether oxygens (including phenoxy) is 1. The fourth-order valence-electron chi connectivity index (χ4n) is 4.28. The summed E-state index contributed by atoms with van der Waals surface area (Å²) in [6.45, 7) is 6.45. The average molecular weight is 443 g/mol. The van der Waals surface area contributed by atoms with Crippen LogP contribution in [0.15, 0.2) is 55.0 Å². The van der Waals surface area contributed by atoms with E-state index in [0.29, 0.717) is 11.2 Å². The van der Waals surface area contributed by atoms with Crippen LogP contribution in [0.2, 0.25) is 0 Å². The summed E-state index contributed by atoms with van der Waals surface area (Å²) < 4.78 is 5.52. The smallest absolute Gasteiger partial charge is 0.255 e. The molecule has 1 aromatic carbocycles. The van der Waals surface area contributed by atoms with E-state index in [4.69, 9.17) is 4.74 Å². The minimum atomic E-state index is 0.0205. The number of hydrogen-bond acceptors (Lipinski definition) is 6. The summed E-state index contributed by atoms with van der Waals surface area (Å²) in [5, 5.41) is 8.32. The first-order chi connectivity index (χ1) is 16.2. The zero-order chi connectivity index (χ0) is 22.8. The Morgan fingerprint density at radius 2 is 1.85 bits per heavy atom. The number of amides is 1. The lowest BCUT2D eigenvalue weighted by Gasteiger charge is -2.34. The number of para-hydroxylation sites is 1. The third-order valence-corrected chi connectivity index (χ3v) is 6.21. The van der Waals surface area contributed by atoms with E-state index in [-0.39, 0.29) is 5.91 Å². The molecule has 0 saturated carbocycles. The van der Waals surface area contributed by atoms with Gasteiger partial charge in [-0.3, -0.25) is 14.9 Å². The molecule has 0 spiro atoms. The highest BCUT2D eigenvalue weighted by molar-refractivity contribution is 5.97. The van der Waals surface area contributed by atoms with Gasteiger partial charge in [0.25, 0.3) is 5.91 Å². The summed E-state index contributed by atoms with van der Waals surface area (Å²) in [5.41, 5.74) is 4.68. The summed E-state index contributed by atoms with van der Waals surface area (Å²) >= 11 is 0. The minimum absolute atomic E-state index is 0.0205. The van der Waals surface area contributed by atoms with Crippen molar-refractivity contribution in [3.8, 4) is 28.1 Å². The molecule has 0 unspecified atom stereocenters. The molecule has 8 heteroatoms. The van der Waals surface area contributed by atoms with Crippen molar-refractivity contribution in [1.82, 2.24) is 30.0 Å². The number of benzene rings is 1. The van der Waals surface area contributed by atoms with E-state index in [2.05, 4.69) is 32.0 Å². The van der Waals surface area contributed by atoms with Gasteiger partial charge in [0.05, 0.1) is 18.4 Å². The van der Waals surface area contributed by atoms with Crippen LogP contribution in [-0.2, 0) is 0 Å². The summed E-state index contributed by atoms with van der Waals surface area (Å²) in [4.78, 5) is 26.2. The predicted octanol–water partition coefficient (Wildman–Crippen LogP) is 3.47. The first-order valence-electron chi connectivity index (χ1n) is 11.1. The lowest BCUT2D eigenvalue weighted by molar-refractivity contribution is 0.0643. The van der Waals surface area contributed by atoms with Gasteiger partial charge < -0.3 is 14.5 Å². The number of nitrogens with zero attached hydrogens (tertiary/aromatic N) is 5. The highest BCUT2D eigenvalue weighted by Gasteiger charge is 2.22. The second-order valence-electron chi connectivity index (χ2n) is 8.08. The monoisotopic (exact) mass is 442 g/mol. The summed E-state index contributed by atoms with van der Waals surface area (Å²) in [6, 6.07) is 11.7. The molecule has 168 valence electrons. The molecule has 4 aromatic rings. The van der Waals surface area contributed by atoms with Gasteiger partial charge in [0.1, 0.15) is 5.75 Å². The molecule has 1 fully saturated rings. The number of nitrogens with one attached hydrogen (secondary N) is 1. The number of aromatic nitrogens is 4. The first kappa shape index (κ1) is 21.1. The topological polar surface area (TPSA) is 87.2 Å². The van der Waals surface area contributed by atoms with Crippen molar-refractivity contribution >= 4 is 16.9 Å². The van der Waals surface area contributed by atoms with E-state index >= 15 is 0 Å². The van der Waals surface area contributed by atoms with Crippen molar-refractivity contribution in [2.24, 2.45) is 0 Å². The van der Waals surface area contributed by atoms with Crippen molar-refractivity contribution < 1.29 is 9.53 Å². The Bertz CT molecular complexity index is 1290. The molecule has 0 atom stereocenters. The molecular weight excluding hydrogens is 416 g/mol. The Hall–Kier alpha value is -3.78. The van der Waals surface area contributed by atoms with Crippen LogP contribution < -0.4 is 4.74 Å². The van der Waals surface area contributed by atoms with Crippen LogP contribution in [0, 0.1) is 0 Å². The van der Waals surface area contributed by atoms with E-state index in [9.17, 15) is 4.79 Å². The van der Waals surface area contributed by atoms with Gasteiger partial charge in [0.2, 0.25) is 0 Å². The number of piperazine rings is 1. The van der Waals surface area contributed by atoms with Crippen LogP contribution in [0.3, 0.4) is 0 Å². The number of aromatic amines is 1. The van der Waals surface area contributed by atoms with E-state index in [1.165, 1.54) is 0 Å². The van der Waals surface area contributed by atoms with Gasteiger partial charge in [-0.2, -0.15) is 5.10 Å². The molecule has 4 heterocycles. The van der Waals surface area contributed by atoms with Gasteiger partial charge in [0.15, 0.2) is 5.65 Å². The van der Waals surface area contributed by atoms with Gasteiger partial charge in [-0.05, 0) is 30.8 Å². The van der Waals surface area contributed by atoms with Gasteiger partial charge in [-0.1, -0.05) is 19.1 Å². The van der Waals surface area contributed by atoms with Crippen LogP contribution in [0.4, 0.5) is 0 Å². The Morgan fingerprint density at radius 3 is 2.64 bits per heavy atom. The molecule has 0 aliphatic carbocycles. The average Bonchev–Trinajstić information content (AvgIpc) is 3.31. The molecule has 8 nitrogen and oxygen atoms in total. The third kappa shape index (κ3) is 4.05. The molecule has 1 aliphatic heterocycles. The number of hydrogen-bond donors (Lipinski definition) is 1. The number of carbonyl (C=O) groups is 1. The van der Waals surface area contributed by atoms with Gasteiger partial charge in [0, 0.05) is 66.8 Å². The van der Waals surface area contributed by atoms with Gasteiger partial charge in [-0.25, -0.2) is 4.98 Å². The zero-order valence-corrected chi connectivity index (χ0v) is 18.8. The Morgan fingerprint density at radius 1 is 1.06 bits per heavy atom. The summed E-state index contributed by atoms with van der Waals surface area (Å²) in [7, 11) is 1.65. The lowest BCUT2D eigenvalue weighted by atomic mass is 10.0. The van der Waals surface area contributed by atoms with Crippen molar-refractivity contribution in [2.75, 3.05) is 39.8 Å². The Kier molecular flexibility index (Phi) is 5.75. The van der Waals surface area contributed by atoms with Crippen molar-refractivity contribution in [3.63, 3.8) is 0 Å². The second-order valence-corrected chi connectivity index (χ2v) is 8.08. The van der Waals surface area contributed by atoms with Crippen LogP contribution in [0.1, 0.15) is 17.3 Å². The molecule has 1 saturated heterocycles. The summed E-state index contributed by atoms with van der Waals surface area (Å²) in [6.07, 6.45) is 5.17. The van der Waals surface area contributed by atoms with Crippen LogP contribution in [0.25, 0.3) is 33.4 Å². The van der Waals surface area contributed by atoms with E-state index < -0.39 is 0 Å². The standard InChI is InChI=1S/C25H26N6O2/c1-3-30-8-10-31(11-9-30)25(32)19-12-17(14-26-15-19)18-13-21-23(28-29-24(21)27-16-18)20-6-4-5-7-22(20)33-2/h4-7,12-16H,3,8-11H2,1-2H3,(H,27,28,29). The number of likely N-dealkylation sites (N-methyl/N-ethyl adjacent to an activating group) is 1. The number of pyridine rings is 2. The predicted molar refractivity (Wildman–Crippen MR) is 127 cm³/mol. The quantitative estimate of drug-likeness (QED) is 0.509. The molecular formula is C25H26N6O2. The maximum atomic E-state index is 13.1. The third-order valence-electron chi connectivity index (χ3n) is 6.21. The van der Waals surface area contributed by atoms with E-state index in [1.54, 1.807) is 25.7 Å². The lowest BCUT2D eigenvalue weighted by Crippen LogP contribution is -2.48. The fraction of sp³-hybridized carbons (Fsp3) is 0.280. The largest absolute Gasteiger partial charge is 0.496 e. The number of fused-ring (bicyclic) bond motifs is 1. The molecule has 1 aliphatic rings. The first-order valence-corrected chi connectivity index (χ1v) is 11.1. The molecule has 0 radical (unpaired) electrons. The van der Waals surface area contributed by atoms with Crippen molar-refractivity contribution in [1.29, 1.82) is 0 Å². The second kappa shape index (κ2) is 8.99. The number of H-pyrrole nitrogens is 1. The van der Waals surface area contributed by atoms with Crippen molar-refractivity contribution in [2.45, 2.75) is 6.92 Å². The number of rotatable bonds is 5. The molecule has 1 amide bonds. The van der Waals surface area contributed by atoms with Gasteiger partial charge >= 0.3 is 0 Å². The van der Waals surface area contributed by atoms with Crippen LogP contribution >= 0.6 is 0 Å². The molecule has 33 heavy (non-hydrogen) atoms. The van der Waals surface area contributed by atoms with Crippen LogP contribution in [0.5, 0.6) is 5.75 Å². The molecule has 5 rings (SSSR count). The maximum Gasteiger partial charge on any atom is 0.255 e. The normalized spacial score (nSPS) is 14.5. The highest BCUT2D eigenvalue weighted by Crippen LogP contribution is 2.34. The zero-order valence-electron chi connectivity index (χ0n) is 18.8. The molecule has 0 bridgehead atoms. The number of methoxy groups -OCH3 is 1. The van der Waals surface area contributed by atoms with E-state index in [0.717, 1.165) is 66.2 Å². The fourth-order valence-corrected chi connectivity index (χ4v) is 4.28. The van der Waals surface area contributed by atoms with Gasteiger partial charge in [-0.15, -0.1) is 0 Å². The SMILES string of the molecule is CCN1CCN(C(=O)c2cncc(-c3cnc4n[nH]c(-c5ccccc5OC)c4c3)c2)CC1. The minimum Gasteiger partial charge on any atom is -0.496 e. The number of carbonyl (C=O) groups excluding carboxylic acids is 1. The van der Waals surface area contributed by atoms with Crippen molar-refractivity contribution in [3.05, 3.63) is 60.6 Å². The maximum absolute atomic E-state index is 13.1. The summed E-state index contributed by atoms with van der Waals surface area (Å²) in [5.74, 6) is 0.776.